The maximum Gasteiger partial charge on any atom is 0.426 e. The number of hydrogen-bond acceptors (Lipinski definition) is 4. The van der Waals surface area contributed by atoms with Crippen LogP contribution in [0.1, 0.15) is 19.4 Å². The molecule has 0 amide bonds. The zero-order valence-electron chi connectivity index (χ0n) is 13.6. The van der Waals surface area contributed by atoms with Gasteiger partial charge in [-0.25, -0.2) is 4.39 Å². The Morgan fingerprint density at radius 2 is 2.04 bits per heavy atom. The van der Waals surface area contributed by atoms with Crippen LogP contribution in [0, 0.1) is 33.2 Å². The molecule has 0 spiro atoms. The van der Waals surface area contributed by atoms with Crippen molar-refractivity contribution in [1.29, 1.82) is 0 Å². The summed E-state index contributed by atoms with van der Waals surface area (Å²) in [7, 11) is 0. The highest BCUT2D eigenvalue weighted by Crippen LogP contribution is 2.60. The van der Waals surface area contributed by atoms with Crippen molar-refractivity contribution in [1.82, 2.24) is 0 Å². The van der Waals surface area contributed by atoms with Crippen molar-refractivity contribution in [2.24, 2.45) is 17.3 Å². The molecule has 0 N–H and O–H groups in total. The van der Waals surface area contributed by atoms with Crippen molar-refractivity contribution in [3.63, 3.8) is 0 Å². The van der Waals surface area contributed by atoms with Gasteiger partial charge in [0.05, 0.1) is 22.5 Å². The number of nitrogens with zero attached hydrogens (tertiary/aromatic N) is 1. The van der Waals surface area contributed by atoms with Gasteiger partial charge < -0.3 is 4.74 Å². The number of nitro groups is 1. The Balaban J connectivity index is 2.09. The van der Waals surface area contributed by atoms with E-state index in [1.807, 2.05) is 0 Å². The third kappa shape index (κ3) is 4.14. The van der Waals surface area contributed by atoms with Gasteiger partial charge in [-0.15, -0.1) is 0 Å². The lowest BCUT2D eigenvalue weighted by Gasteiger charge is -2.06. The average Bonchev–Trinajstić information content (AvgIpc) is 3.05. The van der Waals surface area contributed by atoms with Gasteiger partial charge >= 0.3 is 12.1 Å². The second kappa shape index (κ2) is 6.86. The van der Waals surface area contributed by atoms with Crippen LogP contribution in [0.5, 0.6) is 0 Å². The quantitative estimate of drug-likeness (QED) is 0.313. The number of carbonyl (C=O) groups excluding carboxylic acids is 1. The van der Waals surface area contributed by atoms with Crippen LogP contribution >= 0.6 is 11.6 Å². The molecular formula is C16H14ClF4NO4. The first kappa shape index (κ1) is 20.2. The Labute approximate surface area is 150 Å². The van der Waals surface area contributed by atoms with Crippen molar-refractivity contribution in [3.05, 3.63) is 50.8 Å². The van der Waals surface area contributed by atoms with E-state index in [4.69, 9.17) is 16.3 Å². The maximum absolute atomic E-state index is 13.1. The van der Waals surface area contributed by atoms with Crippen molar-refractivity contribution in [2.75, 3.05) is 0 Å². The Hall–Kier alpha value is -2.16. The molecule has 26 heavy (non-hydrogen) atoms. The fourth-order valence-corrected chi connectivity index (χ4v) is 2.89. The molecule has 2 unspecified atom stereocenters. The number of benzene rings is 1. The number of halogens is 5. The summed E-state index contributed by atoms with van der Waals surface area (Å²) >= 11 is 5.21. The summed E-state index contributed by atoms with van der Waals surface area (Å²) in [6.07, 6.45) is -3.93. The summed E-state index contributed by atoms with van der Waals surface area (Å²) in [6.45, 7) is 2.67. The number of allylic oxidation sites excluding steroid dienone is 2. The smallest absolute Gasteiger partial charge is 0.426 e. The van der Waals surface area contributed by atoms with E-state index in [-0.39, 0.29) is 5.56 Å². The predicted octanol–water partition coefficient (Wildman–Crippen LogP) is 4.73. The SMILES string of the molecule is CC1(C)C(C=C(Cl)C(F)(F)F)C1C(=O)OCc1ccc(F)cc1[N+](=O)[O-]. The second-order valence-corrected chi connectivity index (χ2v) is 6.88. The van der Waals surface area contributed by atoms with Gasteiger partial charge in [-0.1, -0.05) is 31.5 Å². The Kier molecular flexibility index (Phi) is 5.32. The first-order chi connectivity index (χ1) is 11.9. The van der Waals surface area contributed by atoms with Crippen LogP contribution in [0.15, 0.2) is 29.3 Å². The minimum absolute atomic E-state index is 0.0244. The summed E-state index contributed by atoms with van der Waals surface area (Å²) < 4.78 is 55.7. The minimum atomic E-state index is -4.70. The summed E-state index contributed by atoms with van der Waals surface area (Å²) in [5.74, 6) is -3.26. The predicted molar refractivity (Wildman–Crippen MR) is 83.6 cm³/mol. The summed E-state index contributed by atoms with van der Waals surface area (Å²) in [6, 6.07) is 2.78. The van der Waals surface area contributed by atoms with Gasteiger partial charge in [0.15, 0.2) is 0 Å². The van der Waals surface area contributed by atoms with E-state index in [0.29, 0.717) is 6.07 Å². The fourth-order valence-electron chi connectivity index (χ4n) is 2.76. The molecule has 2 rings (SSSR count). The third-order valence-electron chi connectivity index (χ3n) is 4.38. The molecule has 0 radical (unpaired) electrons. The molecular weight excluding hydrogens is 382 g/mol. The number of nitro benzene ring substituents is 1. The van der Waals surface area contributed by atoms with E-state index in [1.54, 1.807) is 13.8 Å². The zero-order valence-corrected chi connectivity index (χ0v) is 14.4. The van der Waals surface area contributed by atoms with Gasteiger partial charge in [-0.05, 0) is 23.5 Å². The molecule has 0 saturated heterocycles. The molecule has 0 aliphatic heterocycles. The Morgan fingerprint density at radius 3 is 2.58 bits per heavy atom. The van der Waals surface area contributed by atoms with Crippen LogP contribution in [0.3, 0.4) is 0 Å². The van der Waals surface area contributed by atoms with E-state index < -0.39 is 57.5 Å². The highest BCUT2D eigenvalue weighted by molar-refractivity contribution is 6.30. The van der Waals surface area contributed by atoms with Gasteiger partial charge in [-0.3, -0.25) is 14.9 Å². The lowest BCUT2D eigenvalue weighted by Crippen LogP contribution is -2.11. The van der Waals surface area contributed by atoms with E-state index >= 15 is 0 Å². The monoisotopic (exact) mass is 395 g/mol. The van der Waals surface area contributed by atoms with E-state index in [1.165, 1.54) is 0 Å². The van der Waals surface area contributed by atoms with E-state index in [2.05, 4.69) is 0 Å². The van der Waals surface area contributed by atoms with Crippen LogP contribution in [0.25, 0.3) is 0 Å². The number of hydrogen-bond donors (Lipinski definition) is 0. The molecule has 142 valence electrons. The average molecular weight is 396 g/mol. The largest absolute Gasteiger partial charge is 0.460 e. The minimum Gasteiger partial charge on any atom is -0.460 e. The van der Waals surface area contributed by atoms with Crippen LogP contribution in [-0.2, 0) is 16.1 Å². The highest BCUT2D eigenvalue weighted by Gasteiger charge is 2.62. The molecule has 2 atom stereocenters. The normalized spacial score (nSPS) is 22.0. The van der Waals surface area contributed by atoms with Crippen LogP contribution in [0.2, 0.25) is 0 Å². The van der Waals surface area contributed by atoms with Gasteiger partial charge in [0, 0.05) is 0 Å². The van der Waals surface area contributed by atoms with Crippen LogP contribution < -0.4 is 0 Å². The number of ether oxygens (including phenoxy) is 1. The maximum atomic E-state index is 13.1. The molecule has 0 heterocycles. The van der Waals surface area contributed by atoms with Gasteiger partial charge in [0.2, 0.25) is 0 Å². The van der Waals surface area contributed by atoms with Gasteiger partial charge in [0.1, 0.15) is 17.5 Å². The third-order valence-corrected chi connectivity index (χ3v) is 4.72. The summed E-state index contributed by atoms with van der Waals surface area (Å²) in [4.78, 5) is 22.3. The summed E-state index contributed by atoms with van der Waals surface area (Å²) in [5.41, 5.74) is -1.37. The summed E-state index contributed by atoms with van der Waals surface area (Å²) in [5, 5.41) is 9.59. The van der Waals surface area contributed by atoms with Crippen molar-refractivity contribution in [2.45, 2.75) is 26.6 Å². The molecule has 1 aliphatic carbocycles. The first-order valence-electron chi connectivity index (χ1n) is 7.39. The Morgan fingerprint density at radius 1 is 1.42 bits per heavy atom. The molecule has 1 aromatic rings. The second-order valence-electron chi connectivity index (χ2n) is 6.48. The van der Waals surface area contributed by atoms with Gasteiger partial charge in [0.25, 0.3) is 5.69 Å². The van der Waals surface area contributed by atoms with Crippen molar-refractivity contribution < 1.29 is 32.0 Å². The van der Waals surface area contributed by atoms with Crippen LogP contribution in [-0.4, -0.2) is 17.1 Å². The molecule has 1 aromatic carbocycles. The van der Waals surface area contributed by atoms with Crippen molar-refractivity contribution in [3.8, 4) is 0 Å². The first-order valence-corrected chi connectivity index (χ1v) is 7.77. The lowest BCUT2D eigenvalue weighted by molar-refractivity contribution is -0.386. The number of alkyl halides is 3. The van der Waals surface area contributed by atoms with E-state index in [0.717, 1.165) is 18.2 Å². The molecule has 1 aliphatic rings. The van der Waals surface area contributed by atoms with Crippen molar-refractivity contribution >= 4 is 23.3 Å². The fraction of sp³-hybridized carbons (Fsp3) is 0.438. The molecule has 0 bridgehead atoms. The molecule has 0 aromatic heterocycles. The topological polar surface area (TPSA) is 69.4 Å². The zero-order chi connectivity index (χ0) is 19.9. The lowest BCUT2D eigenvalue weighted by atomic mass is 10.1. The van der Waals surface area contributed by atoms with E-state index in [9.17, 15) is 32.5 Å². The molecule has 1 saturated carbocycles. The van der Waals surface area contributed by atoms with Gasteiger partial charge in [-0.2, -0.15) is 13.2 Å². The molecule has 5 nitrogen and oxygen atoms in total. The number of carbonyl (C=O) groups is 1. The molecule has 1 fully saturated rings. The number of rotatable bonds is 5. The molecule has 10 heteroatoms. The van der Waals surface area contributed by atoms with Crippen LogP contribution in [0.4, 0.5) is 23.2 Å². The number of esters is 1. The standard InChI is InChI=1S/C16H14ClF4NO4/c1-15(2)10(6-12(17)16(19,20)21)13(15)14(23)26-7-8-3-4-9(18)5-11(8)22(24)25/h3-6,10,13H,7H2,1-2H3. The Bertz CT molecular complexity index is 776. The highest BCUT2D eigenvalue weighted by atomic mass is 35.5.